The molecule has 0 bridgehead atoms. The van der Waals surface area contributed by atoms with Crippen LogP contribution in [0.1, 0.15) is 44.0 Å². The highest BCUT2D eigenvalue weighted by Gasteiger charge is 2.32. The van der Waals surface area contributed by atoms with E-state index in [4.69, 9.17) is 4.74 Å². The number of benzene rings is 1. The molecule has 0 unspecified atom stereocenters. The van der Waals surface area contributed by atoms with Crippen LogP contribution in [0.15, 0.2) is 35.7 Å². The van der Waals surface area contributed by atoms with E-state index in [9.17, 15) is 14.4 Å². The zero-order valence-electron chi connectivity index (χ0n) is 16.9. The minimum atomic E-state index is -0.622. The summed E-state index contributed by atoms with van der Waals surface area (Å²) in [5, 5.41) is 7.96. The summed E-state index contributed by atoms with van der Waals surface area (Å²) in [4.78, 5) is 37.2. The highest BCUT2D eigenvalue weighted by Crippen LogP contribution is 2.38. The predicted octanol–water partition coefficient (Wildman–Crippen LogP) is 4.08. The van der Waals surface area contributed by atoms with Crippen molar-refractivity contribution >= 4 is 34.1 Å². The molecule has 154 valence electrons. The van der Waals surface area contributed by atoms with Gasteiger partial charge in [0.15, 0.2) is 6.61 Å². The SMILES string of the molecule is CC(C)[C@H](C)NC(=O)COC(=O)c1c(-c2ccccc2)csc1NC(=O)C1CC1. The van der Waals surface area contributed by atoms with Crippen molar-refractivity contribution in [2.45, 2.75) is 39.7 Å². The van der Waals surface area contributed by atoms with Crippen molar-refractivity contribution in [3.8, 4) is 11.1 Å². The van der Waals surface area contributed by atoms with Crippen LogP contribution in [0, 0.1) is 11.8 Å². The van der Waals surface area contributed by atoms with Gasteiger partial charge >= 0.3 is 5.97 Å². The van der Waals surface area contributed by atoms with Gasteiger partial charge < -0.3 is 15.4 Å². The minimum Gasteiger partial charge on any atom is -0.452 e. The molecule has 1 aliphatic carbocycles. The van der Waals surface area contributed by atoms with E-state index in [2.05, 4.69) is 10.6 Å². The molecule has 2 aromatic rings. The molecule has 0 spiro atoms. The normalized spacial score (nSPS) is 14.3. The van der Waals surface area contributed by atoms with Gasteiger partial charge in [-0.25, -0.2) is 4.79 Å². The van der Waals surface area contributed by atoms with E-state index in [-0.39, 0.29) is 36.3 Å². The third-order valence-corrected chi connectivity index (χ3v) is 5.88. The van der Waals surface area contributed by atoms with Crippen molar-refractivity contribution in [2.75, 3.05) is 11.9 Å². The number of hydrogen-bond donors (Lipinski definition) is 2. The first kappa shape index (κ1) is 21.0. The van der Waals surface area contributed by atoms with Gasteiger partial charge in [0.25, 0.3) is 5.91 Å². The number of ether oxygens (including phenoxy) is 1. The maximum absolute atomic E-state index is 12.9. The first-order valence-electron chi connectivity index (χ1n) is 9.81. The second-order valence-electron chi connectivity index (χ2n) is 7.66. The Hall–Kier alpha value is -2.67. The lowest BCUT2D eigenvalue weighted by Crippen LogP contribution is -2.38. The van der Waals surface area contributed by atoms with Gasteiger partial charge in [0, 0.05) is 22.9 Å². The van der Waals surface area contributed by atoms with Gasteiger partial charge in [-0.05, 0) is 31.2 Å². The Balaban J connectivity index is 1.77. The number of carbonyl (C=O) groups excluding carboxylic acids is 3. The molecular weight excluding hydrogens is 388 g/mol. The zero-order chi connectivity index (χ0) is 21.0. The van der Waals surface area contributed by atoms with E-state index in [0.29, 0.717) is 16.1 Å². The van der Waals surface area contributed by atoms with E-state index in [1.807, 2.05) is 56.5 Å². The molecular formula is C22H26N2O4S. The van der Waals surface area contributed by atoms with Crippen molar-refractivity contribution in [1.82, 2.24) is 5.32 Å². The minimum absolute atomic E-state index is 0.0179. The van der Waals surface area contributed by atoms with E-state index >= 15 is 0 Å². The second kappa shape index (κ2) is 9.22. The Morgan fingerprint density at radius 3 is 2.45 bits per heavy atom. The van der Waals surface area contributed by atoms with Crippen LogP contribution >= 0.6 is 11.3 Å². The Kier molecular flexibility index (Phi) is 6.69. The molecule has 2 amide bonds. The van der Waals surface area contributed by atoms with Crippen molar-refractivity contribution in [3.05, 3.63) is 41.3 Å². The lowest BCUT2D eigenvalue weighted by Gasteiger charge is -2.17. The molecule has 1 aromatic heterocycles. The van der Waals surface area contributed by atoms with Crippen LogP contribution in [0.3, 0.4) is 0 Å². The van der Waals surface area contributed by atoms with Crippen LogP contribution in [-0.4, -0.2) is 30.4 Å². The van der Waals surface area contributed by atoms with E-state index in [0.717, 1.165) is 18.4 Å². The lowest BCUT2D eigenvalue weighted by molar-refractivity contribution is -0.125. The van der Waals surface area contributed by atoms with E-state index in [1.165, 1.54) is 11.3 Å². The maximum atomic E-state index is 12.9. The van der Waals surface area contributed by atoms with Gasteiger partial charge in [-0.2, -0.15) is 0 Å². The Morgan fingerprint density at radius 1 is 1.14 bits per heavy atom. The summed E-state index contributed by atoms with van der Waals surface area (Å²) in [6.45, 7) is 5.55. The van der Waals surface area contributed by atoms with Crippen LogP contribution < -0.4 is 10.6 Å². The van der Waals surface area contributed by atoms with Gasteiger partial charge in [0.2, 0.25) is 5.91 Å². The first-order valence-corrected chi connectivity index (χ1v) is 10.7. The first-order chi connectivity index (χ1) is 13.9. The fraction of sp³-hybridized carbons (Fsp3) is 0.409. The van der Waals surface area contributed by atoms with Gasteiger partial charge in [0.05, 0.1) is 0 Å². The molecule has 1 heterocycles. The molecule has 0 aliphatic heterocycles. The maximum Gasteiger partial charge on any atom is 0.342 e. The summed E-state index contributed by atoms with van der Waals surface area (Å²) in [5.74, 6) is -0.753. The Morgan fingerprint density at radius 2 is 1.83 bits per heavy atom. The van der Waals surface area contributed by atoms with Crippen LogP contribution in [-0.2, 0) is 14.3 Å². The molecule has 1 fully saturated rings. The number of anilines is 1. The fourth-order valence-corrected chi connectivity index (χ4v) is 3.67. The van der Waals surface area contributed by atoms with Gasteiger partial charge in [0.1, 0.15) is 10.6 Å². The molecule has 1 atom stereocenters. The molecule has 29 heavy (non-hydrogen) atoms. The Labute approximate surface area is 174 Å². The average Bonchev–Trinajstić information content (AvgIpc) is 3.47. The van der Waals surface area contributed by atoms with E-state index in [1.54, 1.807) is 0 Å². The van der Waals surface area contributed by atoms with Gasteiger partial charge in [-0.1, -0.05) is 44.2 Å². The van der Waals surface area contributed by atoms with Crippen molar-refractivity contribution in [2.24, 2.45) is 11.8 Å². The molecule has 2 N–H and O–H groups in total. The summed E-state index contributed by atoms with van der Waals surface area (Å²) in [6.07, 6.45) is 1.74. The molecule has 0 saturated heterocycles. The van der Waals surface area contributed by atoms with Gasteiger partial charge in [-0.15, -0.1) is 11.3 Å². The summed E-state index contributed by atoms with van der Waals surface area (Å²) >= 11 is 1.29. The third-order valence-electron chi connectivity index (χ3n) is 4.99. The van der Waals surface area contributed by atoms with Crippen LogP contribution in [0.5, 0.6) is 0 Å². The highest BCUT2D eigenvalue weighted by atomic mass is 32.1. The standard InChI is InChI=1S/C22H26N2O4S/c1-13(2)14(3)23-18(25)11-28-22(27)19-17(15-7-5-4-6-8-15)12-29-21(19)24-20(26)16-9-10-16/h4-8,12-14,16H,9-11H2,1-3H3,(H,23,25)(H,24,26)/t14-/m0/s1. The second-order valence-corrected chi connectivity index (χ2v) is 8.54. The summed E-state index contributed by atoms with van der Waals surface area (Å²) < 4.78 is 5.29. The molecule has 0 radical (unpaired) electrons. The van der Waals surface area contributed by atoms with Crippen LogP contribution in [0.2, 0.25) is 0 Å². The molecule has 1 saturated carbocycles. The third kappa shape index (κ3) is 5.44. The summed E-state index contributed by atoms with van der Waals surface area (Å²) in [6, 6.07) is 9.42. The average molecular weight is 415 g/mol. The molecule has 1 aliphatic rings. The van der Waals surface area contributed by atoms with Crippen molar-refractivity contribution < 1.29 is 19.1 Å². The zero-order valence-corrected chi connectivity index (χ0v) is 17.7. The summed E-state index contributed by atoms with van der Waals surface area (Å²) in [7, 11) is 0. The molecule has 3 rings (SSSR count). The topological polar surface area (TPSA) is 84.5 Å². The van der Waals surface area contributed by atoms with Crippen LogP contribution in [0.4, 0.5) is 5.00 Å². The van der Waals surface area contributed by atoms with Crippen LogP contribution in [0.25, 0.3) is 11.1 Å². The van der Waals surface area contributed by atoms with Crippen molar-refractivity contribution in [3.63, 3.8) is 0 Å². The molecule has 1 aromatic carbocycles. The van der Waals surface area contributed by atoms with Gasteiger partial charge in [-0.3, -0.25) is 9.59 Å². The highest BCUT2D eigenvalue weighted by molar-refractivity contribution is 7.15. The fourth-order valence-electron chi connectivity index (χ4n) is 2.71. The quantitative estimate of drug-likeness (QED) is 0.638. The monoisotopic (exact) mass is 414 g/mol. The number of esters is 1. The number of carbonyl (C=O) groups is 3. The number of hydrogen-bond acceptors (Lipinski definition) is 5. The number of thiophene rings is 1. The number of amides is 2. The Bertz CT molecular complexity index is 887. The van der Waals surface area contributed by atoms with Crippen molar-refractivity contribution in [1.29, 1.82) is 0 Å². The van der Waals surface area contributed by atoms with E-state index < -0.39 is 5.97 Å². The number of nitrogens with one attached hydrogen (secondary N) is 2. The summed E-state index contributed by atoms with van der Waals surface area (Å²) in [5.41, 5.74) is 1.82. The molecule has 7 heteroatoms. The number of rotatable bonds is 8. The molecule has 6 nitrogen and oxygen atoms in total. The lowest BCUT2D eigenvalue weighted by atomic mass is 10.0. The predicted molar refractivity (Wildman–Crippen MR) is 114 cm³/mol. The smallest absolute Gasteiger partial charge is 0.342 e. The largest absolute Gasteiger partial charge is 0.452 e.